The topological polar surface area (TPSA) is 17.1 Å². The zero-order valence-corrected chi connectivity index (χ0v) is 7.48. The van der Waals surface area contributed by atoms with Gasteiger partial charge in [-0.05, 0) is 0 Å². The second-order valence-corrected chi connectivity index (χ2v) is 0. The van der Waals surface area contributed by atoms with Crippen molar-refractivity contribution in [3.8, 4) is 0 Å². The van der Waals surface area contributed by atoms with Crippen molar-refractivity contribution < 1.29 is 57.0 Å². The second-order valence-electron chi connectivity index (χ2n) is 0. The predicted molar refractivity (Wildman–Crippen MR) is 9.23 cm³/mol. The van der Waals surface area contributed by atoms with Crippen molar-refractivity contribution in [2.24, 2.45) is 0 Å². The van der Waals surface area contributed by atoms with Crippen molar-refractivity contribution in [2.45, 2.75) is 0 Å². The maximum Gasteiger partial charge on any atom is 0 e. The molecule has 1 radical (unpaired) electrons. The first-order valence-corrected chi connectivity index (χ1v) is 1.49. The van der Waals surface area contributed by atoms with E-state index in [1.807, 2.05) is 0 Å². The van der Waals surface area contributed by atoms with Gasteiger partial charge in [-0.15, -0.1) is 0 Å². The molecule has 0 unspecified atom stereocenters. The molecule has 0 aromatic carbocycles. The van der Waals surface area contributed by atoms with Crippen LogP contribution in [0.1, 0.15) is 0 Å². The maximum absolute atomic E-state index is 8.36. The second kappa shape index (κ2) is 16.5. The standard InChI is InChI=1S/O.Sr.Ta.Y.2H. The third kappa shape index (κ3) is 8.93. The number of hydrogen-bond donors (Lipinski definition) is 0. The van der Waals surface area contributed by atoms with Gasteiger partial charge in [0.15, 0.2) is 0 Å². The molecule has 0 heterocycles. The first-order valence-electron chi connectivity index (χ1n) is 0.183. The Morgan fingerprint density at radius 3 is 1.25 bits per heavy atom. The molecule has 0 atom stereocenters. The average Bonchev–Trinajstić information content (AvgIpc) is 1.00. The van der Waals surface area contributed by atoms with E-state index < -0.39 is 0 Å². The Hall–Kier alpha value is 3.12. The Morgan fingerprint density at radius 1 is 1.25 bits per heavy atom. The van der Waals surface area contributed by atoms with Gasteiger partial charge in [0.1, 0.15) is 0 Å². The van der Waals surface area contributed by atoms with Crippen LogP contribution in [0.2, 0.25) is 0 Å². The van der Waals surface area contributed by atoms with E-state index in [1.165, 1.54) is 0 Å². The van der Waals surface area contributed by atoms with Crippen molar-refractivity contribution in [1.82, 2.24) is 0 Å². The Balaban J connectivity index is -0.00000000500. The summed E-state index contributed by atoms with van der Waals surface area (Å²) in [6.45, 7) is 0. The van der Waals surface area contributed by atoms with Crippen molar-refractivity contribution in [2.75, 3.05) is 0 Å². The van der Waals surface area contributed by atoms with E-state index in [1.54, 1.807) is 0 Å². The molecular formula is H2OSrTaY. The molecule has 1 nitrogen and oxygen atoms in total. The van der Waals surface area contributed by atoms with E-state index >= 15 is 0 Å². The summed E-state index contributed by atoms with van der Waals surface area (Å²) < 4.78 is 8.36. The van der Waals surface area contributed by atoms with E-state index in [2.05, 4.69) is 0 Å². The molecule has 18 valence electrons. The Bertz CT molecular complexity index is 8.00. The van der Waals surface area contributed by atoms with E-state index in [0.29, 0.717) is 0 Å². The fourth-order valence-electron chi connectivity index (χ4n) is 0. The van der Waals surface area contributed by atoms with E-state index in [0.717, 1.165) is 0 Å². The van der Waals surface area contributed by atoms with Crippen LogP contribution in [0.3, 0.4) is 0 Å². The van der Waals surface area contributed by atoms with Crippen LogP contribution < -0.4 is 0 Å². The first kappa shape index (κ1) is 15.7. The summed E-state index contributed by atoms with van der Waals surface area (Å²) >= 11 is 0.194. The summed E-state index contributed by atoms with van der Waals surface area (Å²) in [5.74, 6) is 0. The van der Waals surface area contributed by atoms with Gasteiger partial charge in [-0.3, -0.25) is 0 Å². The molecular weight excluding hydrogens is 373 g/mol. The van der Waals surface area contributed by atoms with Crippen LogP contribution >= 0.6 is 0 Å². The van der Waals surface area contributed by atoms with Gasteiger partial charge in [0, 0.05) is 32.7 Å². The molecule has 0 spiro atoms. The number of rotatable bonds is 0. The first-order chi connectivity index (χ1) is 1.00. The summed E-state index contributed by atoms with van der Waals surface area (Å²) in [5.41, 5.74) is 0. The fourth-order valence-corrected chi connectivity index (χ4v) is 0. The molecule has 0 fully saturated rings. The van der Waals surface area contributed by atoms with Crippen LogP contribution in [0.25, 0.3) is 0 Å². The van der Waals surface area contributed by atoms with Crippen molar-refractivity contribution in [3.63, 3.8) is 0 Å². The van der Waals surface area contributed by atoms with Gasteiger partial charge < -0.3 is 0 Å². The minimum absolute atomic E-state index is 0. The third-order valence-electron chi connectivity index (χ3n) is 0. The number of hydrogen-bond acceptors (Lipinski definition) is 1. The molecule has 0 N–H and O–H groups in total. The normalized spacial score (nSPS) is 0.750. The van der Waals surface area contributed by atoms with Gasteiger partial charge in [0.2, 0.25) is 0 Å². The Kier molecular flexibility index (Phi) is 64.7. The SMILES string of the molecule is [O]=[Ta].[SrH2].[Y]. The Morgan fingerprint density at radius 2 is 1.25 bits per heavy atom. The maximum atomic E-state index is 8.36. The van der Waals surface area contributed by atoms with E-state index in [9.17, 15) is 0 Å². The third-order valence-corrected chi connectivity index (χ3v) is 0. The minimum Gasteiger partial charge on any atom is 0 e. The van der Waals surface area contributed by atoms with Crippen LogP contribution in [0.15, 0.2) is 0 Å². The molecule has 0 amide bonds. The van der Waals surface area contributed by atoms with Crippen LogP contribution in [-0.2, 0) is 57.0 Å². The van der Waals surface area contributed by atoms with E-state index in [-0.39, 0.29) is 99.2 Å². The molecule has 4 heteroatoms. The van der Waals surface area contributed by atoms with Gasteiger partial charge in [0.25, 0.3) is 0 Å². The van der Waals surface area contributed by atoms with Gasteiger partial charge in [-0.2, -0.15) is 0 Å². The predicted octanol–water partition coefficient (Wildman–Crippen LogP) is -1.04. The summed E-state index contributed by atoms with van der Waals surface area (Å²) in [5, 5.41) is 0. The van der Waals surface area contributed by atoms with Crippen molar-refractivity contribution in [3.05, 3.63) is 0 Å². The summed E-state index contributed by atoms with van der Waals surface area (Å²) in [4.78, 5) is 0. The van der Waals surface area contributed by atoms with E-state index in [4.69, 9.17) is 3.25 Å². The van der Waals surface area contributed by atoms with Crippen LogP contribution in [-0.4, -0.2) is 45.5 Å². The van der Waals surface area contributed by atoms with Crippen molar-refractivity contribution in [1.29, 1.82) is 0 Å². The molecule has 0 aromatic rings. The monoisotopic (exact) mass is 376 g/mol. The van der Waals surface area contributed by atoms with Gasteiger partial charge in [-0.1, -0.05) is 0 Å². The smallest absolute Gasteiger partial charge is 0 e. The molecule has 4 heavy (non-hydrogen) atoms. The minimum atomic E-state index is 0. The molecule has 0 saturated carbocycles. The van der Waals surface area contributed by atoms with Gasteiger partial charge in [0.05, 0.1) is 0 Å². The van der Waals surface area contributed by atoms with Crippen LogP contribution in [0, 0.1) is 0 Å². The zero-order valence-electron chi connectivity index (χ0n) is 1.43. The summed E-state index contributed by atoms with van der Waals surface area (Å²) in [6.07, 6.45) is 0. The van der Waals surface area contributed by atoms with Crippen LogP contribution in [0.4, 0.5) is 0 Å². The zero-order chi connectivity index (χ0) is 2.00. The van der Waals surface area contributed by atoms with Crippen LogP contribution in [0.5, 0.6) is 0 Å². The summed E-state index contributed by atoms with van der Waals surface area (Å²) in [7, 11) is 0. The largest absolute Gasteiger partial charge is 0 e. The molecule has 0 aliphatic heterocycles. The van der Waals surface area contributed by atoms with Gasteiger partial charge >= 0.3 is 69.8 Å². The molecule has 0 aliphatic rings. The fraction of sp³-hybridized carbons (Fsp3) is 0. The molecule has 0 aliphatic carbocycles. The average molecular weight is 375 g/mol. The summed E-state index contributed by atoms with van der Waals surface area (Å²) in [6, 6.07) is 0. The van der Waals surface area contributed by atoms with Crippen molar-refractivity contribution >= 4 is 45.5 Å². The van der Waals surface area contributed by atoms with Gasteiger partial charge in [-0.25, -0.2) is 0 Å². The molecule has 0 bridgehead atoms. The molecule has 0 saturated heterocycles. The molecule has 0 aromatic heterocycles. The quantitative estimate of drug-likeness (QED) is 0.495. The molecule has 0 rings (SSSR count). The Labute approximate surface area is 99.7 Å².